The summed E-state index contributed by atoms with van der Waals surface area (Å²) in [6.45, 7) is 2.48. The highest BCUT2D eigenvalue weighted by Gasteiger charge is 2.27. The van der Waals surface area contributed by atoms with Crippen LogP contribution in [0.5, 0.6) is 0 Å². The number of hydrogen-bond donors (Lipinski definition) is 1. The van der Waals surface area contributed by atoms with Crippen LogP contribution in [0.15, 0.2) is 53.4 Å². The summed E-state index contributed by atoms with van der Waals surface area (Å²) in [4.78, 5) is 17.5. The average Bonchev–Trinajstić information content (AvgIpc) is 2.74. The minimum atomic E-state index is -3.59. The summed E-state index contributed by atoms with van der Waals surface area (Å²) in [7, 11) is 3.14. The van der Waals surface area contributed by atoms with E-state index < -0.39 is 10.0 Å². The highest BCUT2D eigenvalue weighted by atomic mass is 32.2. The Kier molecular flexibility index (Phi) is 7.35. The number of carbonyl (C=O) groups is 1. The van der Waals surface area contributed by atoms with Crippen molar-refractivity contribution >= 4 is 27.3 Å². The van der Waals surface area contributed by atoms with Gasteiger partial charge in [0.05, 0.1) is 22.2 Å². The monoisotopic (exact) mass is 444 g/mol. The minimum absolute atomic E-state index is 0.0692. The molecule has 7 nitrogen and oxygen atoms in total. The van der Waals surface area contributed by atoms with Gasteiger partial charge in [0.25, 0.3) is 0 Å². The van der Waals surface area contributed by atoms with Crippen molar-refractivity contribution in [1.82, 2.24) is 9.21 Å². The number of amides is 1. The molecule has 0 saturated carbocycles. The van der Waals surface area contributed by atoms with Gasteiger partial charge in [0.15, 0.2) is 0 Å². The van der Waals surface area contributed by atoms with Gasteiger partial charge < -0.3 is 10.2 Å². The van der Waals surface area contributed by atoms with Crippen LogP contribution in [0.2, 0.25) is 0 Å². The number of hydrogen-bond acceptors (Lipinski definition) is 5. The Morgan fingerprint density at radius 3 is 2.45 bits per heavy atom. The average molecular weight is 445 g/mol. The number of likely N-dealkylation sites (tertiary alicyclic amines) is 1. The number of piperidine rings is 1. The van der Waals surface area contributed by atoms with Crippen molar-refractivity contribution in [3.8, 4) is 0 Å². The fourth-order valence-corrected chi connectivity index (χ4v) is 4.79. The predicted molar refractivity (Wildman–Crippen MR) is 125 cm³/mol. The van der Waals surface area contributed by atoms with Crippen LogP contribution in [-0.4, -0.2) is 64.8 Å². The summed E-state index contributed by atoms with van der Waals surface area (Å²) in [5.41, 5.74) is 2.51. The molecular formula is C23H32N4O3S. The van der Waals surface area contributed by atoms with Gasteiger partial charge in [-0.05, 0) is 43.1 Å². The van der Waals surface area contributed by atoms with Crippen molar-refractivity contribution in [3.05, 3.63) is 54.1 Å². The zero-order chi connectivity index (χ0) is 22.6. The van der Waals surface area contributed by atoms with Gasteiger partial charge in [0.2, 0.25) is 15.9 Å². The molecule has 1 aliphatic heterocycles. The van der Waals surface area contributed by atoms with Gasteiger partial charge >= 0.3 is 0 Å². The van der Waals surface area contributed by atoms with Gasteiger partial charge in [-0.15, -0.1) is 0 Å². The molecule has 1 heterocycles. The van der Waals surface area contributed by atoms with Crippen molar-refractivity contribution < 1.29 is 13.2 Å². The Hall–Kier alpha value is -2.42. The molecule has 1 saturated heterocycles. The fraction of sp³-hybridized carbons (Fsp3) is 0.435. The van der Waals surface area contributed by atoms with Crippen LogP contribution in [0.1, 0.15) is 18.4 Å². The van der Waals surface area contributed by atoms with Crippen molar-refractivity contribution in [1.29, 1.82) is 0 Å². The first-order valence-corrected chi connectivity index (χ1v) is 11.9. The topological polar surface area (TPSA) is 73.0 Å². The molecule has 1 aliphatic rings. The second-order valence-electron chi connectivity index (χ2n) is 8.41. The molecule has 1 unspecified atom stereocenters. The lowest BCUT2D eigenvalue weighted by molar-refractivity contribution is -0.121. The summed E-state index contributed by atoms with van der Waals surface area (Å²) < 4.78 is 26.3. The van der Waals surface area contributed by atoms with Crippen molar-refractivity contribution in [2.24, 2.45) is 5.92 Å². The van der Waals surface area contributed by atoms with Gasteiger partial charge in [-0.25, -0.2) is 12.7 Å². The predicted octanol–water partition coefficient (Wildman–Crippen LogP) is 2.85. The maximum absolute atomic E-state index is 13.1. The van der Waals surface area contributed by atoms with E-state index >= 15 is 0 Å². The molecule has 1 amide bonds. The van der Waals surface area contributed by atoms with E-state index in [0.29, 0.717) is 12.2 Å². The number of rotatable bonds is 7. The number of anilines is 2. The second-order valence-corrected chi connectivity index (χ2v) is 10.6. The third-order valence-corrected chi connectivity index (χ3v) is 7.42. The summed E-state index contributed by atoms with van der Waals surface area (Å²) in [6, 6.07) is 15.1. The number of benzene rings is 2. The standard InChI is InChI=1S/C23H32N4O3S/c1-25(2)22-13-12-20(31(29,30)26(3)4)15-21(22)24-23(28)19-11-8-14-27(17-19)16-18-9-6-5-7-10-18/h5-7,9-10,12-13,15,19H,8,11,14,16-17H2,1-4H3,(H,24,28). The van der Waals surface area contributed by atoms with E-state index in [1.807, 2.05) is 37.2 Å². The molecule has 0 aliphatic carbocycles. The zero-order valence-electron chi connectivity index (χ0n) is 18.7. The van der Waals surface area contributed by atoms with E-state index in [4.69, 9.17) is 0 Å². The Morgan fingerprint density at radius 2 is 1.81 bits per heavy atom. The third kappa shape index (κ3) is 5.64. The quantitative estimate of drug-likeness (QED) is 0.711. The van der Waals surface area contributed by atoms with Crippen molar-refractivity contribution in [2.45, 2.75) is 24.3 Å². The number of nitrogens with zero attached hydrogens (tertiary/aromatic N) is 3. The van der Waals surface area contributed by atoms with Gasteiger partial charge in [-0.2, -0.15) is 0 Å². The highest BCUT2D eigenvalue weighted by molar-refractivity contribution is 7.89. The molecule has 2 aromatic carbocycles. The first kappa shape index (κ1) is 23.2. The lowest BCUT2D eigenvalue weighted by atomic mass is 9.96. The van der Waals surface area contributed by atoms with Gasteiger partial charge in [-0.3, -0.25) is 9.69 Å². The minimum Gasteiger partial charge on any atom is -0.376 e. The first-order chi connectivity index (χ1) is 14.7. The third-order valence-electron chi connectivity index (χ3n) is 5.61. The molecular weight excluding hydrogens is 412 g/mol. The highest BCUT2D eigenvalue weighted by Crippen LogP contribution is 2.30. The molecule has 1 N–H and O–H groups in total. The molecule has 1 atom stereocenters. The smallest absolute Gasteiger partial charge is 0.242 e. The van der Waals surface area contributed by atoms with Gasteiger partial charge in [0.1, 0.15) is 0 Å². The first-order valence-electron chi connectivity index (χ1n) is 10.5. The van der Waals surface area contributed by atoms with Crippen LogP contribution in [-0.2, 0) is 21.4 Å². The maximum Gasteiger partial charge on any atom is 0.242 e. The van der Waals surface area contributed by atoms with E-state index in [1.54, 1.807) is 18.2 Å². The van der Waals surface area contributed by atoms with Crippen LogP contribution in [0.3, 0.4) is 0 Å². The molecule has 0 radical (unpaired) electrons. The lowest BCUT2D eigenvalue weighted by Gasteiger charge is -2.32. The van der Waals surface area contributed by atoms with Crippen LogP contribution >= 0.6 is 0 Å². The van der Waals surface area contributed by atoms with Crippen LogP contribution in [0.4, 0.5) is 11.4 Å². The van der Waals surface area contributed by atoms with Gasteiger partial charge in [0, 0.05) is 41.3 Å². The molecule has 0 aromatic heterocycles. The molecule has 168 valence electrons. The molecule has 8 heteroatoms. The molecule has 1 fully saturated rings. The molecule has 2 aromatic rings. The summed E-state index contributed by atoms with van der Waals surface area (Å²) >= 11 is 0. The summed E-state index contributed by atoms with van der Waals surface area (Å²) in [6.07, 6.45) is 1.78. The maximum atomic E-state index is 13.1. The number of sulfonamides is 1. The fourth-order valence-electron chi connectivity index (χ4n) is 3.87. The lowest BCUT2D eigenvalue weighted by Crippen LogP contribution is -2.40. The van der Waals surface area contributed by atoms with E-state index in [0.717, 1.165) is 31.6 Å². The molecule has 0 spiro atoms. The van der Waals surface area contributed by atoms with Crippen molar-refractivity contribution in [3.63, 3.8) is 0 Å². The van der Waals surface area contributed by atoms with E-state index in [9.17, 15) is 13.2 Å². The number of nitrogens with one attached hydrogen (secondary N) is 1. The molecule has 0 bridgehead atoms. The van der Waals surface area contributed by atoms with E-state index in [2.05, 4.69) is 22.3 Å². The SMILES string of the molecule is CN(C)c1ccc(S(=O)(=O)N(C)C)cc1NC(=O)C1CCCN(Cc2ccccc2)C1. The normalized spacial score (nSPS) is 17.5. The van der Waals surface area contributed by atoms with Crippen molar-refractivity contribution in [2.75, 3.05) is 51.5 Å². The second kappa shape index (κ2) is 9.80. The zero-order valence-corrected chi connectivity index (χ0v) is 19.5. The van der Waals surface area contributed by atoms with E-state index in [-0.39, 0.29) is 16.7 Å². The molecule has 31 heavy (non-hydrogen) atoms. The Labute approximate surface area is 185 Å². The van der Waals surface area contributed by atoms with Crippen LogP contribution < -0.4 is 10.2 Å². The van der Waals surface area contributed by atoms with Gasteiger partial charge in [-0.1, -0.05) is 30.3 Å². The number of carbonyl (C=O) groups excluding carboxylic acids is 1. The van der Waals surface area contributed by atoms with E-state index in [1.165, 1.54) is 24.0 Å². The summed E-state index contributed by atoms with van der Waals surface area (Å²) in [5.74, 6) is -0.207. The Bertz CT molecular complexity index is 1010. The summed E-state index contributed by atoms with van der Waals surface area (Å²) in [5, 5.41) is 3.01. The largest absolute Gasteiger partial charge is 0.376 e. The Morgan fingerprint density at radius 1 is 1.10 bits per heavy atom. The van der Waals surface area contributed by atoms with Crippen LogP contribution in [0.25, 0.3) is 0 Å². The molecule has 3 rings (SSSR count). The Balaban J connectivity index is 1.76. The van der Waals surface area contributed by atoms with Crippen LogP contribution in [0, 0.1) is 5.92 Å².